The molecule has 0 saturated heterocycles. The molecule has 6 heteroatoms. The predicted octanol–water partition coefficient (Wildman–Crippen LogP) is 3.69. The Labute approximate surface area is 163 Å². The summed E-state index contributed by atoms with van der Waals surface area (Å²) in [6.45, 7) is 2.75. The Morgan fingerprint density at radius 1 is 0.643 bits per heavy atom. The molecule has 2 N–H and O–H groups in total. The van der Waals surface area contributed by atoms with E-state index in [0.717, 1.165) is 11.1 Å². The Kier molecular flexibility index (Phi) is 7.39. The summed E-state index contributed by atoms with van der Waals surface area (Å²) in [5.41, 5.74) is 3.16. The molecule has 0 atom stereocenters. The molecule has 144 valence electrons. The maximum absolute atomic E-state index is 11.6. The highest BCUT2D eigenvalue weighted by molar-refractivity contribution is 6.04. The number of hydrogen-bond donors (Lipinski definition) is 2. The number of carbonyl (C=O) groups excluding carboxylic acids is 4. The monoisotopic (exact) mass is 378 g/mol. The van der Waals surface area contributed by atoms with Gasteiger partial charge in [-0.2, -0.15) is 0 Å². The van der Waals surface area contributed by atoms with Crippen molar-refractivity contribution < 1.29 is 19.2 Å². The smallest absolute Gasteiger partial charge is 0.231 e. The van der Waals surface area contributed by atoms with Crippen molar-refractivity contribution in [2.75, 3.05) is 10.6 Å². The maximum Gasteiger partial charge on any atom is 0.231 e. The van der Waals surface area contributed by atoms with Crippen LogP contribution in [0.2, 0.25) is 0 Å². The molecular weight excluding hydrogens is 356 g/mol. The van der Waals surface area contributed by atoms with Crippen LogP contribution in [0.4, 0.5) is 11.4 Å². The molecule has 2 rings (SSSR count). The zero-order valence-electron chi connectivity index (χ0n) is 15.8. The molecule has 0 heterocycles. The van der Waals surface area contributed by atoms with Gasteiger partial charge in [-0.25, -0.2) is 0 Å². The zero-order chi connectivity index (χ0) is 20.5. The minimum Gasteiger partial charge on any atom is -0.326 e. The second kappa shape index (κ2) is 9.97. The fraction of sp³-hybridized carbons (Fsp3) is 0.182. The Balaban J connectivity index is 1.92. The molecule has 0 aliphatic heterocycles. The number of benzene rings is 2. The lowest BCUT2D eigenvalue weighted by Crippen LogP contribution is -2.14. The number of carbonyl (C=O) groups is 4. The second-order valence-corrected chi connectivity index (χ2v) is 6.43. The third-order valence-corrected chi connectivity index (χ3v) is 3.68. The van der Waals surface area contributed by atoms with Crippen molar-refractivity contribution >= 4 is 46.9 Å². The van der Waals surface area contributed by atoms with Crippen molar-refractivity contribution in [2.45, 2.75) is 26.7 Å². The van der Waals surface area contributed by atoms with E-state index in [9.17, 15) is 19.2 Å². The summed E-state index contributed by atoms with van der Waals surface area (Å²) >= 11 is 0. The van der Waals surface area contributed by atoms with E-state index in [-0.39, 0.29) is 36.2 Å². The molecule has 0 fully saturated rings. The van der Waals surface area contributed by atoms with Gasteiger partial charge in [0.15, 0.2) is 0 Å². The number of ketones is 2. The Morgan fingerprint density at radius 2 is 0.964 bits per heavy atom. The lowest BCUT2D eigenvalue weighted by molar-refractivity contribution is -0.125. The standard InChI is InChI=1S/C22H22N2O4/c1-15(25)13-21(27)23-19-9-5-17(6-10-19)3-4-18-7-11-20(12-8-18)24-22(28)14-16(2)26/h3-12H,13-14H2,1-2H3,(H,23,27)(H,24,28). The molecule has 0 bridgehead atoms. The van der Waals surface area contributed by atoms with E-state index in [2.05, 4.69) is 10.6 Å². The summed E-state index contributed by atoms with van der Waals surface area (Å²) in [4.78, 5) is 45.0. The molecule has 0 aliphatic rings. The van der Waals surface area contributed by atoms with Gasteiger partial charge in [0.1, 0.15) is 11.6 Å². The van der Waals surface area contributed by atoms with Crippen LogP contribution in [-0.4, -0.2) is 23.4 Å². The van der Waals surface area contributed by atoms with Gasteiger partial charge in [0, 0.05) is 11.4 Å². The highest BCUT2D eigenvalue weighted by atomic mass is 16.2. The van der Waals surface area contributed by atoms with Crippen molar-refractivity contribution in [3.8, 4) is 0 Å². The van der Waals surface area contributed by atoms with E-state index in [1.54, 1.807) is 24.3 Å². The zero-order valence-corrected chi connectivity index (χ0v) is 15.8. The fourth-order valence-corrected chi connectivity index (χ4v) is 2.41. The minimum atomic E-state index is -0.328. The van der Waals surface area contributed by atoms with Gasteiger partial charge in [0.05, 0.1) is 12.8 Å². The molecule has 28 heavy (non-hydrogen) atoms. The largest absolute Gasteiger partial charge is 0.326 e. The maximum atomic E-state index is 11.6. The van der Waals surface area contributed by atoms with E-state index in [4.69, 9.17) is 0 Å². The first-order valence-electron chi connectivity index (χ1n) is 8.78. The molecule has 0 spiro atoms. The molecule has 0 aliphatic carbocycles. The topological polar surface area (TPSA) is 92.3 Å². The first-order valence-corrected chi connectivity index (χ1v) is 8.78. The number of nitrogens with one attached hydrogen (secondary N) is 2. The van der Waals surface area contributed by atoms with Gasteiger partial charge < -0.3 is 10.6 Å². The van der Waals surface area contributed by atoms with Crippen LogP contribution in [0.15, 0.2) is 48.5 Å². The summed E-state index contributed by atoms with van der Waals surface area (Å²) in [6.07, 6.45) is 3.58. The van der Waals surface area contributed by atoms with Gasteiger partial charge in [-0.3, -0.25) is 19.2 Å². The molecule has 0 aromatic heterocycles. The van der Waals surface area contributed by atoms with Gasteiger partial charge in [0.2, 0.25) is 11.8 Å². The lowest BCUT2D eigenvalue weighted by Gasteiger charge is -2.05. The SMILES string of the molecule is CC(=O)CC(=O)Nc1ccc(C=Cc2ccc(NC(=O)CC(C)=O)cc2)cc1. The predicted molar refractivity (Wildman–Crippen MR) is 110 cm³/mol. The van der Waals surface area contributed by atoms with E-state index < -0.39 is 0 Å². The van der Waals surface area contributed by atoms with Crippen molar-refractivity contribution in [3.63, 3.8) is 0 Å². The number of anilines is 2. The van der Waals surface area contributed by atoms with E-state index in [0.29, 0.717) is 11.4 Å². The van der Waals surface area contributed by atoms with Crippen LogP contribution in [0.3, 0.4) is 0 Å². The van der Waals surface area contributed by atoms with Gasteiger partial charge in [-0.15, -0.1) is 0 Å². The lowest BCUT2D eigenvalue weighted by atomic mass is 10.1. The van der Waals surface area contributed by atoms with Gasteiger partial charge in [0.25, 0.3) is 0 Å². The number of hydrogen-bond acceptors (Lipinski definition) is 4. The van der Waals surface area contributed by atoms with E-state index in [1.807, 2.05) is 36.4 Å². The van der Waals surface area contributed by atoms with Crippen LogP contribution in [0.1, 0.15) is 37.8 Å². The Bertz CT molecular complexity index is 822. The Morgan fingerprint density at radius 3 is 1.25 bits per heavy atom. The van der Waals surface area contributed by atoms with Crippen molar-refractivity contribution in [3.05, 3.63) is 59.7 Å². The van der Waals surface area contributed by atoms with Gasteiger partial charge in [-0.1, -0.05) is 36.4 Å². The van der Waals surface area contributed by atoms with Crippen LogP contribution < -0.4 is 10.6 Å². The molecule has 0 radical (unpaired) electrons. The normalized spacial score (nSPS) is 10.5. The summed E-state index contributed by atoms with van der Waals surface area (Å²) in [7, 11) is 0. The van der Waals surface area contributed by atoms with Gasteiger partial charge >= 0.3 is 0 Å². The van der Waals surface area contributed by atoms with Crippen LogP contribution in [0, 0.1) is 0 Å². The first kappa shape index (κ1) is 20.8. The highest BCUT2D eigenvalue weighted by Gasteiger charge is 2.06. The summed E-state index contributed by atoms with van der Waals surface area (Å²) < 4.78 is 0. The van der Waals surface area contributed by atoms with Crippen LogP contribution in [0.5, 0.6) is 0 Å². The molecule has 2 amide bonds. The molecule has 6 nitrogen and oxygen atoms in total. The molecule has 0 saturated carbocycles. The summed E-state index contributed by atoms with van der Waals surface area (Å²) in [5.74, 6) is -1.01. The third kappa shape index (κ3) is 7.37. The van der Waals surface area contributed by atoms with Gasteiger partial charge in [-0.05, 0) is 49.2 Å². The molecule has 2 aromatic carbocycles. The molecular formula is C22H22N2O4. The van der Waals surface area contributed by atoms with Crippen molar-refractivity contribution in [1.82, 2.24) is 0 Å². The van der Waals surface area contributed by atoms with E-state index >= 15 is 0 Å². The summed E-state index contributed by atoms with van der Waals surface area (Å²) in [6, 6.07) is 14.5. The first-order chi connectivity index (χ1) is 13.3. The average Bonchev–Trinajstić information content (AvgIpc) is 2.61. The number of amides is 2. The molecule has 0 unspecified atom stereocenters. The van der Waals surface area contributed by atoms with Crippen molar-refractivity contribution in [2.24, 2.45) is 0 Å². The minimum absolute atomic E-state index is 0.132. The van der Waals surface area contributed by atoms with Crippen molar-refractivity contribution in [1.29, 1.82) is 0 Å². The quantitative estimate of drug-likeness (QED) is 0.541. The van der Waals surface area contributed by atoms with Crippen LogP contribution >= 0.6 is 0 Å². The highest BCUT2D eigenvalue weighted by Crippen LogP contribution is 2.15. The Hall–Kier alpha value is -3.54. The number of rotatable bonds is 8. The average molecular weight is 378 g/mol. The number of Topliss-reactive ketones (excluding diaryl/α,β-unsaturated/α-hetero) is 2. The molecule has 2 aromatic rings. The van der Waals surface area contributed by atoms with Crippen LogP contribution in [-0.2, 0) is 19.2 Å². The summed E-state index contributed by atoms with van der Waals surface area (Å²) in [5, 5.41) is 5.34. The van der Waals surface area contributed by atoms with Crippen LogP contribution in [0.25, 0.3) is 12.2 Å². The fourth-order valence-electron chi connectivity index (χ4n) is 2.41. The second-order valence-electron chi connectivity index (χ2n) is 6.43. The van der Waals surface area contributed by atoms with E-state index in [1.165, 1.54) is 13.8 Å². The third-order valence-electron chi connectivity index (χ3n) is 3.68.